The van der Waals surface area contributed by atoms with Crippen LogP contribution in [0.2, 0.25) is 0 Å². The summed E-state index contributed by atoms with van der Waals surface area (Å²) in [5, 5.41) is 3.85. The van der Waals surface area contributed by atoms with Gasteiger partial charge in [0.2, 0.25) is 0 Å². The van der Waals surface area contributed by atoms with Crippen molar-refractivity contribution in [1.82, 2.24) is 5.32 Å². The first-order valence-corrected chi connectivity index (χ1v) is 6.55. The highest BCUT2D eigenvalue weighted by atomic mass is 15.0. The van der Waals surface area contributed by atoms with E-state index in [2.05, 4.69) is 19.2 Å². The van der Waals surface area contributed by atoms with Gasteiger partial charge in [-0.05, 0) is 50.9 Å². The highest BCUT2D eigenvalue weighted by molar-refractivity contribution is 4.86. The summed E-state index contributed by atoms with van der Waals surface area (Å²) in [7, 11) is 0. The Kier molecular flexibility index (Phi) is 3.48. The van der Waals surface area contributed by atoms with Gasteiger partial charge in [0.15, 0.2) is 0 Å². The van der Waals surface area contributed by atoms with Gasteiger partial charge in [0.05, 0.1) is 0 Å². The van der Waals surface area contributed by atoms with Gasteiger partial charge in [-0.25, -0.2) is 0 Å². The monoisotopic (exact) mass is 195 g/mol. The zero-order chi connectivity index (χ0) is 9.97. The Morgan fingerprint density at radius 1 is 1.21 bits per heavy atom. The maximum atomic E-state index is 3.85. The summed E-state index contributed by atoms with van der Waals surface area (Å²) in [6.45, 7) is 4.73. The fourth-order valence-electron chi connectivity index (χ4n) is 3.04. The van der Waals surface area contributed by atoms with E-state index in [-0.39, 0.29) is 0 Å². The fourth-order valence-corrected chi connectivity index (χ4v) is 3.04. The van der Waals surface area contributed by atoms with E-state index in [1.54, 1.807) is 0 Å². The smallest absolute Gasteiger partial charge is 0.00723 e. The average molecular weight is 195 g/mol. The Bertz CT molecular complexity index is 174. The summed E-state index contributed by atoms with van der Waals surface area (Å²) in [6.07, 6.45) is 10.1. The number of hydrogen-bond acceptors (Lipinski definition) is 1. The first kappa shape index (κ1) is 10.5. The van der Waals surface area contributed by atoms with E-state index in [0.29, 0.717) is 0 Å². The molecule has 2 rings (SSSR count). The molecule has 1 N–H and O–H groups in total. The largest absolute Gasteiger partial charge is 0.311 e. The number of rotatable bonds is 4. The third kappa shape index (κ3) is 2.31. The van der Waals surface area contributed by atoms with Crippen molar-refractivity contribution in [2.24, 2.45) is 11.8 Å². The van der Waals surface area contributed by atoms with Gasteiger partial charge < -0.3 is 5.32 Å². The second kappa shape index (κ2) is 4.65. The lowest BCUT2D eigenvalue weighted by atomic mass is 9.80. The molecule has 3 atom stereocenters. The molecular formula is C13H25N. The lowest BCUT2D eigenvalue weighted by Crippen LogP contribution is -2.42. The molecule has 0 saturated heterocycles. The van der Waals surface area contributed by atoms with Crippen molar-refractivity contribution in [3.8, 4) is 0 Å². The minimum absolute atomic E-state index is 0.782. The molecule has 3 unspecified atom stereocenters. The molecule has 0 aromatic carbocycles. The van der Waals surface area contributed by atoms with Gasteiger partial charge in [0.25, 0.3) is 0 Å². The van der Waals surface area contributed by atoms with Gasteiger partial charge in [-0.15, -0.1) is 0 Å². The summed E-state index contributed by atoms with van der Waals surface area (Å²) in [4.78, 5) is 0. The summed E-state index contributed by atoms with van der Waals surface area (Å²) in [5.74, 6) is 2.01. The zero-order valence-corrected chi connectivity index (χ0v) is 9.76. The van der Waals surface area contributed by atoms with Crippen LogP contribution in [0.5, 0.6) is 0 Å². The van der Waals surface area contributed by atoms with E-state index in [4.69, 9.17) is 0 Å². The van der Waals surface area contributed by atoms with Crippen LogP contribution in [0, 0.1) is 11.8 Å². The summed E-state index contributed by atoms with van der Waals surface area (Å²) in [6, 6.07) is 1.62. The van der Waals surface area contributed by atoms with Gasteiger partial charge in [0.1, 0.15) is 0 Å². The van der Waals surface area contributed by atoms with Gasteiger partial charge >= 0.3 is 0 Å². The standard InChI is InChI=1S/C13H25N/c1-3-11-7-8-13(9-11)14-10(2)12-5-4-6-12/h10-14H,3-9H2,1-2H3. The Balaban J connectivity index is 1.69. The minimum atomic E-state index is 0.782. The van der Waals surface area contributed by atoms with Crippen molar-refractivity contribution in [3.63, 3.8) is 0 Å². The minimum Gasteiger partial charge on any atom is -0.311 e. The van der Waals surface area contributed by atoms with Crippen LogP contribution in [0.25, 0.3) is 0 Å². The molecule has 2 aliphatic rings. The molecule has 0 radical (unpaired) electrons. The molecular weight excluding hydrogens is 170 g/mol. The normalized spacial score (nSPS) is 35.6. The third-order valence-corrected chi connectivity index (χ3v) is 4.47. The average Bonchev–Trinajstić information content (AvgIpc) is 2.48. The molecule has 14 heavy (non-hydrogen) atoms. The molecule has 0 aromatic heterocycles. The quantitative estimate of drug-likeness (QED) is 0.725. The van der Waals surface area contributed by atoms with Crippen molar-refractivity contribution < 1.29 is 0 Å². The van der Waals surface area contributed by atoms with Gasteiger partial charge in [0, 0.05) is 12.1 Å². The van der Waals surface area contributed by atoms with E-state index in [1.165, 1.54) is 44.9 Å². The maximum absolute atomic E-state index is 3.85. The van der Waals surface area contributed by atoms with Crippen LogP contribution in [-0.2, 0) is 0 Å². The van der Waals surface area contributed by atoms with Crippen LogP contribution in [0.4, 0.5) is 0 Å². The molecule has 0 heterocycles. The molecule has 0 aromatic rings. The van der Waals surface area contributed by atoms with Gasteiger partial charge in [-0.1, -0.05) is 19.8 Å². The van der Waals surface area contributed by atoms with Crippen molar-refractivity contribution in [3.05, 3.63) is 0 Å². The Labute approximate surface area is 88.7 Å². The van der Waals surface area contributed by atoms with Crippen LogP contribution in [0.15, 0.2) is 0 Å². The Morgan fingerprint density at radius 3 is 2.50 bits per heavy atom. The van der Waals surface area contributed by atoms with Crippen LogP contribution in [-0.4, -0.2) is 12.1 Å². The molecule has 0 bridgehead atoms. The fraction of sp³-hybridized carbons (Fsp3) is 1.00. The highest BCUT2D eigenvalue weighted by Crippen LogP contribution is 2.32. The van der Waals surface area contributed by atoms with Gasteiger partial charge in [-0.2, -0.15) is 0 Å². The predicted molar refractivity (Wildman–Crippen MR) is 61.4 cm³/mol. The molecule has 2 fully saturated rings. The molecule has 2 saturated carbocycles. The zero-order valence-electron chi connectivity index (χ0n) is 9.76. The molecule has 0 spiro atoms. The van der Waals surface area contributed by atoms with Crippen molar-refractivity contribution in [2.75, 3.05) is 0 Å². The summed E-state index contributed by atoms with van der Waals surface area (Å²) in [5.41, 5.74) is 0. The van der Waals surface area contributed by atoms with E-state index >= 15 is 0 Å². The molecule has 0 amide bonds. The lowest BCUT2D eigenvalue weighted by molar-refractivity contribution is 0.225. The van der Waals surface area contributed by atoms with Crippen LogP contribution in [0.1, 0.15) is 58.8 Å². The molecule has 2 aliphatic carbocycles. The lowest BCUT2D eigenvalue weighted by Gasteiger charge is -2.34. The summed E-state index contributed by atoms with van der Waals surface area (Å²) >= 11 is 0. The Hall–Kier alpha value is -0.0400. The van der Waals surface area contributed by atoms with Gasteiger partial charge in [-0.3, -0.25) is 0 Å². The van der Waals surface area contributed by atoms with Crippen molar-refractivity contribution in [2.45, 2.75) is 70.9 Å². The second-order valence-corrected chi connectivity index (χ2v) is 5.43. The topological polar surface area (TPSA) is 12.0 Å². The van der Waals surface area contributed by atoms with Crippen molar-refractivity contribution >= 4 is 0 Å². The highest BCUT2D eigenvalue weighted by Gasteiger charge is 2.28. The van der Waals surface area contributed by atoms with Crippen LogP contribution >= 0.6 is 0 Å². The van der Waals surface area contributed by atoms with Crippen molar-refractivity contribution in [1.29, 1.82) is 0 Å². The van der Waals surface area contributed by atoms with E-state index in [0.717, 1.165) is 23.9 Å². The predicted octanol–water partition coefficient (Wildman–Crippen LogP) is 3.34. The van der Waals surface area contributed by atoms with Crippen LogP contribution in [0.3, 0.4) is 0 Å². The van der Waals surface area contributed by atoms with E-state index in [9.17, 15) is 0 Å². The maximum Gasteiger partial charge on any atom is 0.00723 e. The number of hydrogen-bond donors (Lipinski definition) is 1. The second-order valence-electron chi connectivity index (χ2n) is 5.43. The molecule has 1 heteroatoms. The van der Waals surface area contributed by atoms with E-state index < -0.39 is 0 Å². The summed E-state index contributed by atoms with van der Waals surface area (Å²) < 4.78 is 0. The molecule has 0 aliphatic heterocycles. The van der Waals surface area contributed by atoms with Crippen LogP contribution < -0.4 is 5.32 Å². The number of nitrogens with one attached hydrogen (secondary N) is 1. The molecule has 82 valence electrons. The van der Waals surface area contributed by atoms with E-state index in [1.807, 2.05) is 0 Å². The first-order valence-electron chi connectivity index (χ1n) is 6.55. The SMILES string of the molecule is CCC1CCC(NC(C)C2CCC2)C1. The first-order chi connectivity index (χ1) is 6.79. The molecule has 1 nitrogen and oxygen atoms in total. The Morgan fingerprint density at radius 2 is 2.00 bits per heavy atom. The third-order valence-electron chi connectivity index (χ3n) is 4.47.